The zero-order valence-electron chi connectivity index (χ0n) is 8.34. The van der Waals surface area contributed by atoms with E-state index in [0.29, 0.717) is 0 Å². The van der Waals surface area contributed by atoms with Crippen molar-refractivity contribution in [1.29, 1.82) is 0 Å². The predicted octanol–water partition coefficient (Wildman–Crippen LogP) is 3.17. The summed E-state index contributed by atoms with van der Waals surface area (Å²) < 4.78 is 0. The number of hydrogen-bond donors (Lipinski definition) is 0. The molecule has 0 bridgehead atoms. The minimum Gasteiger partial charge on any atom is -0.311 e. The van der Waals surface area contributed by atoms with E-state index in [2.05, 4.69) is 13.8 Å². The summed E-state index contributed by atoms with van der Waals surface area (Å²) >= 11 is 0. The molecule has 1 aliphatic carbocycles. The summed E-state index contributed by atoms with van der Waals surface area (Å²) in [6.45, 7) is 4.64. The third-order valence-electron chi connectivity index (χ3n) is 2.31. The Morgan fingerprint density at radius 3 is 1.50 bits per heavy atom. The van der Waals surface area contributed by atoms with Crippen LogP contribution in [0.1, 0.15) is 46.0 Å². The third kappa shape index (κ3) is 8.61. The van der Waals surface area contributed by atoms with Crippen LogP contribution in [-0.4, -0.2) is 0 Å². The van der Waals surface area contributed by atoms with Crippen LogP contribution in [0.3, 0.4) is 0 Å². The molecule has 0 aromatic heterocycles. The average Bonchev–Trinajstić information content (AvgIpc) is 1.90. The van der Waals surface area contributed by atoms with E-state index in [1.807, 2.05) is 0 Å². The quantitative estimate of drug-likeness (QED) is 0.602. The van der Waals surface area contributed by atoms with Crippen LogP contribution in [0, 0.1) is 11.8 Å². The molecule has 1 rings (SSSR count). The van der Waals surface area contributed by atoms with Crippen molar-refractivity contribution in [3.8, 4) is 0 Å². The van der Waals surface area contributed by atoms with Crippen molar-refractivity contribution in [2.24, 2.45) is 5.92 Å². The summed E-state index contributed by atoms with van der Waals surface area (Å²) in [5.74, 6) is 2.66. The largest absolute Gasteiger partial charge is 0.311 e. The summed E-state index contributed by atoms with van der Waals surface area (Å²) in [5, 5.41) is 0. The fourth-order valence-corrected chi connectivity index (χ4v) is 1.58. The van der Waals surface area contributed by atoms with Gasteiger partial charge in [-0.2, -0.15) is 18.8 Å². The first-order chi connectivity index (χ1) is 4.30. The van der Waals surface area contributed by atoms with E-state index in [1.165, 1.54) is 32.1 Å². The molecule has 0 aromatic rings. The topological polar surface area (TPSA) is 0 Å². The Labute approximate surface area is 153 Å². The van der Waals surface area contributed by atoms with Crippen molar-refractivity contribution >= 4 is 0 Å². The normalized spacial score (nSPS) is 17.2. The van der Waals surface area contributed by atoms with Crippen molar-refractivity contribution < 1.29 is 98.1 Å². The van der Waals surface area contributed by atoms with Gasteiger partial charge in [0.05, 0.1) is 0 Å². The first kappa shape index (κ1) is 20.7. The third-order valence-corrected chi connectivity index (χ3v) is 2.31. The van der Waals surface area contributed by atoms with Gasteiger partial charge in [0.2, 0.25) is 0 Å². The van der Waals surface area contributed by atoms with Gasteiger partial charge in [0.15, 0.2) is 0 Å². The van der Waals surface area contributed by atoms with E-state index in [9.17, 15) is 0 Å². The van der Waals surface area contributed by atoms with Crippen LogP contribution in [-0.2, 0) is 98.1 Å². The van der Waals surface area contributed by atoms with Crippen LogP contribution in [0.25, 0.3) is 0 Å². The van der Waals surface area contributed by atoms with Gasteiger partial charge in [-0.1, -0.05) is 33.1 Å². The van der Waals surface area contributed by atoms with E-state index in [0.717, 1.165) is 5.92 Å². The van der Waals surface area contributed by atoms with E-state index < -0.39 is 0 Å². The molecule has 0 aromatic carbocycles. The maximum absolute atomic E-state index is 2.32. The Morgan fingerprint density at radius 2 is 1.25 bits per heavy atom. The summed E-state index contributed by atoms with van der Waals surface area (Å²) in [4.78, 5) is 0. The molecule has 12 heavy (non-hydrogen) atoms. The molecule has 0 amide bonds. The molecule has 0 saturated heterocycles. The summed E-state index contributed by atoms with van der Waals surface area (Å²) in [7, 11) is 0. The van der Waals surface area contributed by atoms with Gasteiger partial charge in [0.1, 0.15) is 0 Å². The molecule has 0 nitrogen and oxygen atoms in total. The van der Waals surface area contributed by atoms with Crippen LogP contribution in [0.5, 0.6) is 0 Å². The number of hydrogen-bond acceptors (Lipinski definition) is 0. The van der Waals surface area contributed by atoms with Crippen LogP contribution in [0.4, 0.5) is 0 Å². The van der Waals surface area contributed by atoms with Crippen LogP contribution >= 0.6 is 0 Å². The van der Waals surface area contributed by atoms with Crippen molar-refractivity contribution in [2.45, 2.75) is 46.0 Å². The van der Waals surface area contributed by atoms with Gasteiger partial charge >= 0.3 is 0 Å². The van der Waals surface area contributed by atoms with Crippen molar-refractivity contribution in [3.05, 3.63) is 5.92 Å². The molecule has 0 aliphatic heterocycles. The molecule has 1 fully saturated rings. The Balaban J connectivity index is -0.000000270. The monoisotopic (exact) mass is 392 g/mol. The Hall–Kier alpha value is 3.31. The summed E-state index contributed by atoms with van der Waals surface area (Å²) in [6, 6.07) is 0. The summed E-state index contributed by atoms with van der Waals surface area (Å²) in [5.41, 5.74) is 0. The van der Waals surface area contributed by atoms with Crippen LogP contribution in [0.15, 0.2) is 0 Å². The molecular weight excluding hydrogens is 375 g/mol. The average molecular weight is 392 g/mol. The molecule has 3 heteroatoms. The van der Waals surface area contributed by atoms with Gasteiger partial charge in [-0.3, -0.25) is 0 Å². The second-order valence-electron chi connectivity index (χ2n) is 3.37. The fourth-order valence-electron chi connectivity index (χ4n) is 1.58. The van der Waals surface area contributed by atoms with Crippen molar-refractivity contribution in [1.82, 2.24) is 0 Å². The zero-order valence-corrected chi connectivity index (χ0v) is 16.9. The van der Waals surface area contributed by atoms with Crippen molar-refractivity contribution in [3.63, 3.8) is 0 Å². The van der Waals surface area contributed by atoms with E-state index >= 15 is 0 Å². The fraction of sp³-hybridized carbons (Fsp3) is 0.889. The molecule has 3 radical (unpaired) electrons. The van der Waals surface area contributed by atoms with E-state index in [-0.39, 0.29) is 98.1 Å². The SMILES string of the molecule is CC(C)[C-]1CCCCC1.[Y].[Y].[Y]. The molecular formula is C9H17Y3-. The molecule has 0 atom stereocenters. The standard InChI is InChI=1S/C9H17.3Y/c1-8(2)9-6-4-3-5-7-9;;;/h8H,3-7H2,1-2H3;;;/q-1;;;. The molecule has 63 valence electrons. The molecule has 0 N–H and O–H groups in total. The van der Waals surface area contributed by atoms with Gasteiger partial charge in [0, 0.05) is 98.1 Å². The smallest absolute Gasteiger partial charge is 0 e. The molecule has 1 saturated carbocycles. The van der Waals surface area contributed by atoms with Gasteiger partial charge < -0.3 is 5.92 Å². The zero-order chi connectivity index (χ0) is 6.69. The second-order valence-corrected chi connectivity index (χ2v) is 3.37. The van der Waals surface area contributed by atoms with Gasteiger partial charge in [-0.25, -0.2) is 0 Å². The van der Waals surface area contributed by atoms with Crippen LogP contribution in [0.2, 0.25) is 0 Å². The Kier molecular flexibility index (Phi) is 21.3. The van der Waals surface area contributed by atoms with Gasteiger partial charge in [0.25, 0.3) is 0 Å². The minimum atomic E-state index is 0. The Bertz CT molecular complexity index is 77.8. The predicted molar refractivity (Wildman–Crippen MR) is 41.2 cm³/mol. The molecule has 1 aliphatic rings. The minimum absolute atomic E-state index is 0. The maximum atomic E-state index is 2.32. The van der Waals surface area contributed by atoms with E-state index in [1.54, 1.807) is 5.92 Å². The molecule has 0 spiro atoms. The van der Waals surface area contributed by atoms with Crippen LogP contribution < -0.4 is 0 Å². The summed E-state index contributed by atoms with van der Waals surface area (Å²) in [6.07, 6.45) is 7.20. The van der Waals surface area contributed by atoms with Crippen molar-refractivity contribution in [2.75, 3.05) is 0 Å². The van der Waals surface area contributed by atoms with Gasteiger partial charge in [-0.15, -0.1) is 0 Å². The number of rotatable bonds is 1. The molecule has 0 unspecified atom stereocenters. The second kappa shape index (κ2) is 12.4. The molecule has 0 heterocycles. The maximum Gasteiger partial charge on any atom is 0 e. The van der Waals surface area contributed by atoms with E-state index in [4.69, 9.17) is 0 Å². The first-order valence-corrected chi connectivity index (χ1v) is 4.15. The Morgan fingerprint density at radius 1 is 0.833 bits per heavy atom. The first-order valence-electron chi connectivity index (χ1n) is 4.15. The van der Waals surface area contributed by atoms with Gasteiger partial charge in [-0.05, 0) is 0 Å².